The van der Waals surface area contributed by atoms with Crippen LogP contribution in [0.1, 0.15) is 32.3 Å². The zero-order valence-corrected chi connectivity index (χ0v) is 12.0. The van der Waals surface area contributed by atoms with Crippen molar-refractivity contribution in [2.75, 3.05) is 6.61 Å². The van der Waals surface area contributed by atoms with Crippen LogP contribution in [0.4, 0.5) is 0 Å². The first-order valence-corrected chi connectivity index (χ1v) is 7.33. The number of hydrogen-bond donors (Lipinski definition) is 0. The predicted molar refractivity (Wildman–Crippen MR) is 77.1 cm³/mol. The Balaban J connectivity index is 2.00. The molecule has 1 saturated carbocycles. The van der Waals surface area contributed by atoms with Gasteiger partial charge in [0.25, 0.3) is 0 Å². The highest BCUT2D eigenvalue weighted by atomic mass is 16.6. The van der Waals surface area contributed by atoms with E-state index in [9.17, 15) is 4.79 Å². The van der Waals surface area contributed by atoms with Crippen molar-refractivity contribution in [3.05, 3.63) is 41.5 Å². The highest BCUT2D eigenvalue weighted by Crippen LogP contribution is 2.42. The van der Waals surface area contributed by atoms with Crippen LogP contribution in [0.25, 0.3) is 5.57 Å². The number of rotatable bonds is 3. The highest BCUT2D eigenvalue weighted by molar-refractivity contribution is 6.19. The van der Waals surface area contributed by atoms with Crippen molar-refractivity contribution < 1.29 is 14.3 Å². The lowest BCUT2D eigenvalue weighted by atomic mass is 9.80. The molecule has 1 aliphatic heterocycles. The maximum Gasteiger partial charge on any atom is 0.339 e. The van der Waals surface area contributed by atoms with Crippen molar-refractivity contribution in [3.8, 4) is 0 Å². The first kappa shape index (κ1) is 13.4. The van der Waals surface area contributed by atoms with Crippen molar-refractivity contribution in [2.24, 2.45) is 5.92 Å². The van der Waals surface area contributed by atoms with Gasteiger partial charge in [-0.3, -0.25) is 0 Å². The Morgan fingerprint density at radius 2 is 2.05 bits per heavy atom. The van der Waals surface area contributed by atoms with Crippen molar-refractivity contribution >= 4 is 11.5 Å². The summed E-state index contributed by atoms with van der Waals surface area (Å²) in [6.45, 7) is 4.81. The molecule has 0 amide bonds. The minimum atomic E-state index is -0.199. The summed E-state index contributed by atoms with van der Waals surface area (Å²) < 4.78 is 11.5. The third-order valence-corrected chi connectivity index (χ3v) is 4.25. The Morgan fingerprint density at radius 3 is 2.75 bits per heavy atom. The van der Waals surface area contributed by atoms with E-state index >= 15 is 0 Å². The molecule has 0 spiro atoms. The molecule has 3 rings (SSSR count). The molecule has 3 nitrogen and oxygen atoms in total. The normalized spacial score (nSPS) is 29.3. The summed E-state index contributed by atoms with van der Waals surface area (Å²) in [6, 6.07) is 9.81. The Morgan fingerprint density at radius 1 is 1.30 bits per heavy atom. The molecule has 1 aliphatic carbocycles. The van der Waals surface area contributed by atoms with Crippen LogP contribution in [-0.4, -0.2) is 24.8 Å². The average molecular weight is 272 g/mol. The minimum absolute atomic E-state index is 0.00564. The molecule has 1 heterocycles. The Kier molecular flexibility index (Phi) is 3.62. The third-order valence-electron chi connectivity index (χ3n) is 4.25. The van der Waals surface area contributed by atoms with Gasteiger partial charge in [0.1, 0.15) is 6.10 Å². The second-order valence-electron chi connectivity index (χ2n) is 5.53. The Bertz CT molecular complexity index is 532. The highest BCUT2D eigenvalue weighted by Gasteiger charge is 2.44. The van der Waals surface area contributed by atoms with Crippen molar-refractivity contribution in [1.29, 1.82) is 0 Å². The molecule has 2 aliphatic rings. The molecule has 3 heteroatoms. The summed E-state index contributed by atoms with van der Waals surface area (Å²) >= 11 is 0. The number of carbonyl (C=O) groups is 1. The molecule has 0 N–H and O–H groups in total. The van der Waals surface area contributed by atoms with Crippen LogP contribution in [-0.2, 0) is 14.3 Å². The molecule has 3 atom stereocenters. The summed E-state index contributed by atoms with van der Waals surface area (Å²) in [7, 11) is 0. The number of fused-ring (bicyclic) bond motifs is 1. The molecular formula is C17H20O3. The van der Waals surface area contributed by atoms with Crippen LogP contribution in [0.2, 0.25) is 0 Å². The summed E-state index contributed by atoms with van der Waals surface area (Å²) in [6.07, 6.45) is 1.77. The summed E-state index contributed by atoms with van der Waals surface area (Å²) in [4.78, 5) is 12.3. The zero-order chi connectivity index (χ0) is 14.1. The lowest BCUT2D eigenvalue weighted by molar-refractivity contribution is -0.147. The first-order valence-electron chi connectivity index (χ1n) is 7.33. The van der Waals surface area contributed by atoms with Gasteiger partial charge in [-0.1, -0.05) is 37.3 Å². The molecule has 3 unspecified atom stereocenters. The van der Waals surface area contributed by atoms with Gasteiger partial charge in [-0.15, -0.1) is 0 Å². The number of hydrogen-bond acceptors (Lipinski definition) is 3. The van der Waals surface area contributed by atoms with Gasteiger partial charge in [-0.25, -0.2) is 4.79 Å². The van der Waals surface area contributed by atoms with Gasteiger partial charge < -0.3 is 9.47 Å². The largest absolute Gasteiger partial charge is 0.451 e. The average Bonchev–Trinajstić information content (AvgIpc) is 2.79. The molecule has 1 aromatic rings. The molecule has 0 bridgehead atoms. The van der Waals surface area contributed by atoms with E-state index in [1.54, 1.807) is 0 Å². The molecule has 0 saturated heterocycles. The number of esters is 1. The van der Waals surface area contributed by atoms with Gasteiger partial charge in [-0.2, -0.15) is 0 Å². The maximum absolute atomic E-state index is 12.3. The van der Waals surface area contributed by atoms with Gasteiger partial charge in [0.05, 0.1) is 5.57 Å². The van der Waals surface area contributed by atoms with E-state index in [-0.39, 0.29) is 18.2 Å². The van der Waals surface area contributed by atoms with E-state index in [0.29, 0.717) is 12.5 Å². The van der Waals surface area contributed by atoms with Crippen LogP contribution >= 0.6 is 0 Å². The SMILES string of the molecule is CCOC1C(C)CCC2=C(c3ccccc3)C(=O)OC21. The summed E-state index contributed by atoms with van der Waals surface area (Å²) in [5.41, 5.74) is 2.84. The summed E-state index contributed by atoms with van der Waals surface area (Å²) in [5.74, 6) is 0.224. The number of ether oxygens (including phenoxy) is 2. The van der Waals surface area contributed by atoms with Crippen LogP contribution in [0.5, 0.6) is 0 Å². The van der Waals surface area contributed by atoms with E-state index in [4.69, 9.17) is 9.47 Å². The fourth-order valence-corrected chi connectivity index (χ4v) is 3.25. The maximum atomic E-state index is 12.3. The molecule has 106 valence electrons. The lowest BCUT2D eigenvalue weighted by Crippen LogP contribution is -2.40. The van der Waals surface area contributed by atoms with Gasteiger partial charge in [0, 0.05) is 6.61 Å². The van der Waals surface area contributed by atoms with Gasteiger partial charge in [0.2, 0.25) is 0 Å². The van der Waals surface area contributed by atoms with Crippen LogP contribution < -0.4 is 0 Å². The van der Waals surface area contributed by atoms with Crippen molar-refractivity contribution in [1.82, 2.24) is 0 Å². The lowest BCUT2D eigenvalue weighted by Gasteiger charge is -2.34. The first-order chi connectivity index (χ1) is 9.72. The second-order valence-corrected chi connectivity index (χ2v) is 5.53. The van der Waals surface area contributed by atoms with Crippen molar-refractivity contribution in [2.45, 2.75) is 38.9 Å². The van der Waals surface area contributed by atoms with Gasteiger partial charge >= 0.3 is 5.97 Å². The van der Waals surface area contributed by atoms with E-state index in [0.717, 1.165) is 29.6 Å². The minimum Gasteiger partial charge on any atom is -0.451 e. The summed E-state index contributed by atoms with van der Waals surface area (Å²) in [5, 5.41) is 0. The van der Waals surface area contributed by atoms with E-state index < -0.39 is 0 Å². The molecular weight excluding hydrogens is 252 g/mol. The van der Waals surface area contributed by atoms with Gasteiger partial charge in [-0.05, 0) is 36.8 Å². The van der Waals surface area contributed by atoms with E-state index in [2.05, 4.69) is 6.92 Å². The van der Waals surface area contributed by atoms with Crippen LogP contribution in [0.3, 0.4) is 0 Å². The second kappa shape index (κ2) is 5.41. The number of benzene rings is 1. The zero-order valence-electron chi connectivity index (χ0n) is 12.0. The van der Waals surface area contributed by atoms with Crippen molar-refractivity contribution in [3.63, 3.8) is 0 Å². The van der Waals surface area contributed by atoms with E-state index in [1.165, 1.54) is 0 Å². The van der Waals surface area contributed by atoms with Crippen LogP contribution in [0, 0.1) is 5.92 Å². The standard InChI is InChI=1S/C17H20O3/c1-3-19-15-11(2)9-10-13-14(17(18)20-16(13)15)12-7-5-4-6-8-12/h4-8,11,15-16H,3,9-10H2,1-2H3. The third kappa shape index (κ3) is 2.16. The Hall–Kier alpha value is -1.61. The topological polar surface area (TPSA) is 35.5 Å². The quantitative estimate of drug-likeness (QED) is 0.793. The van der Waals surface area contributed by atoms with Gasteiger partial charge in [0.15, 0.2) is 6.10 Å². The fraction of sp³-hybridized carbons (Fsp3) is 0.471. The Labute approximate surface area is 119 Å². The monoisotopic (exact) mass is 272 g/mol. The smallest absolute Gasteiger partial charge is 0.339 e. The molecule has 0 radical (unpaired) electrons. The molecule has 20 heavy (non-hydrogen) atoms. The van der Waals surface area contributed by atoms with E-state index in [1.807, 2.05) is 37.3 Å². The molecule has 1 aromatic carbocycles. The predicted octanol–water partition coefficient (Wildman–Crippen LogP) is 3.20. The molecule has 1 fully saturated rings. The molecule has 0 aromatic heterocycles. The van der Waals surface area contributed by atoms with Crippen LogP contribution in [0.15, 0.2) is 35.9 Å². The number of carbonyl (C=O) groups excluding carboxylic acids is 1. The fourth-order valence-electron chi connectivity index (χ4n) is 3.25.